The van der Waals surface area contributed by atoms with Crippen LogP contribution in [-0.2, 0) is 4.79 Å². The minimum atomic E-state index is -0.255. The second-order valence-electron chi connectivity index (χ2n) is 6.04. The van der Waals surface area contributed by atoms with E-state index in [1.807, 2.05) is 18.7 Å². The smallest absolute Gasteiger partial charge is 0.225 e. The van der Waals surface area contributed by atoms with E-state index < -0.39 is 0 Å². The highest BCUT2D eigenvalue weighted by molar-refractivity contribution is 5.78. The number of benzene rings is 1. The average molecular weight is 289 g/mol. The monoisotopic (exact) mass is 289 g/mol. The molecular formula is C16H20FN3O. The molecule has 1 fully saturated rings. The quantitative estimate of drug-likeness (QED) is 0.923. The molecule has 1 N–H and O–H groups in total. The molecule has 112 valence electrons. The van der Waals surface area contributed by atoms with Crippen molar-refractivity contribution in [1.29, 1.82) is 0 Å². The maximum Gasteiger partial charge on any atom is 0.225 e. The molecule has 4 nitrogen and oxygen atoms in total. The van der Waals surface area contributed by atoms with E-state index in [0.717, 1.165) is 42.8 Å². The summed E-state index contributed by atoms with van der Waals surface area (Å²) < 4.78 is 13.2. The molecule has 21 heavy (non-hydrogen) atoms. The van der Waals surface area contributed by atoms with Gasteiger partial charge in [-0.3, -0.25) is 4.79 Å². The van der Waals surface area contributed by atoms with Crippen molar-refractivity contribution in [1.82, 2.24) is 14.9 Å². The molecule has 1 aromatic heterocycles. The Morgan fingerprint density at radius 1 is 1.38 bits per heavy atom. The van der Waals surface area contributed by atoms with E-state index >= 15 is 0 Å². The van der Waals surface area contributed by atoms with Crippen LogP contribution < -0.4 is 0 Å². The van der Waals surface area contributed by atoms with Crippen LogP contribution in [0, 0.1) is 11.7 Å². The first kappa shape index (κ1) is 14.0. The molecule has 1 aliphatic heterocycles. The van der Waals surface area contributed by atoms with Crippen LogP contribution in [0.25, 0.3) is 11.0 Å². The first-order valence-electron chi connectivity index (χ1n) is 7.48. The van der Waals surface area contributed by atoms with Gasteiger partial charge in [-0.05, 0) is 31.0 Å². The number of hydrogen-bond donors (Lipinski definition) is 1. The Bertz CT molecular complexity index is 657. The molecule has 0 saturated carbocycles. The number of piperidine rings is 1. The number of carbonyl (C=O) groups excluding carboxylic acids is 1. The van der Waals surface area contributed by atoms with Crippen LogP contribution in [0.1, 0.15) is 38.4 Å². The van der Waals surface area contributed by atoms with E-state index in [1.54, 1.807) is 6.07 Å². The lowest BCUT2D eigenvalue weighted by Gasteiger charge is -2.32. The van der Waals surface area contributed by atoms with Gasteiger partial charge in [0, 0.05) is 24.9 Å². The van der Waals surface area contributed by atoms with Crippen LogP contribution in [0.2, 0.25) is 0 Å². The summed E-state index contributed by atoms with van der Waals surface area (Å²) in [4.78, 5) is 21.7. The maximum absolute atomic E-state index is 13.2. The number of carbonyl (C=O) groups is 1. The number of fused-ring (bicyclic) bond motifs is 1. The highest BCUT2D eigenvalue weighted by Gasteiger charge is 2.26. The third kappa shape index (κ3) is 2.77. The van der Waals surface area contributed by atoms with E-state index in [4.69, 9.17) is 0 Å². The van der Waals surface area contributed by atoms with Crippen LogP contribution in [0.15, 0.2) is 18.2 Å². The van der Waals surface area contributed by atoms with Crippen molar-refractivity contribution in [2.45, 2.75) is 32.6 Å². The fourth-order valence-corrected chi connectivity index (χ4v) is 2.93. The third-order valence-electron chi connectivity index (χ3n) is 4.15. The zero-order valence-electron chi connectivity index (χ0n) is 12.4. The lowest BCUT2D eigenvalue weighted by atomic mass is 9.95. The molecule has 0 radical (unpaired) electrons. The van der Waals surface area contributed by atoms with Gasteiger partial charge in [0.05, 0.1) is 11.0 Å². The molecule has 2 heterocycles. The fraction of sp³-hybridized carbons (Fsp3) is 0.500. The Morgan fingerprint density at radius 2 is 2.10 bits per heavy atom. The summed E-state index contributed by atoms with van der Waals surface area (Å²) >= 11 is 0. The van der Waals surface area contributed by atoms with Crippen LogP contribution in [-0.4, -0.2) is 33.9 Å². The van der Waals surface area contributed by atoms with Crippen molar-refractivity contribution in [3.05, 3.63) is 29.8 Å². The van der Waals surface area contributed by atoms with Gasteiger partial charge in [0.25, 0.3) is 0 Å². The molecule has 2 aromatic rings. The number of halogens is 1. The van der Waals surface area contributed by atoms with E-state index in [2.05, 4.69) is 9.97 Å². The number of aromatic amines is 1. The largest absolute Gasteiger partial charge is 0.342 e. The Morgan fingerprint density at radius 3 is 2.76 bits per heavy atom. The molecule has 1 saturated heterocycles. The molecule has 1 aromatic carbocycles. The molecule has 1 aliphatic rings. The number of imidazole rings is 1. The van der Waals surface area contributed by atoms with E-state index in [9.17, 15) is 9.18 Å². The number of likely N-dealkylation sites (tertiary alicyclic amines) is 1. The van der Waals surface area contributed by atoms with Gasteiger partial charge in [0.15, 0.2) is 0 Å². The molecular weight excluding hydrogens is 269 g/mol. The SMILES string of the molecule is CC(C)C(=O)N1CCC(c2nc3ccc(F)cc3[nH]2)CC1. The summed E-state index contributed by atoms with van der Waals surface area (Å²) in [5.74, 6) is 1.25. The summed E-state index contributed by atoms with van der Waals surface area (Å²) in [6, 6.07) is 4.60. The average Bonchev–Trinajstić information content (AvgIpc) is 2.89. The molecule has 0 aliphatic carbocycles. The number of nitrogens with zero attached hydrogens (tertiary/aromatic N) is 2. The predicted octanol–water partition coefficient (Wildman–Crippen LogP) is 3.06. The summed E-state index contributed by atoms with van der Waals surface area (Å²) in [5, 5.41) is 0. The zero-order chi connectivity index (χ0) is 15.0. The van der Waals surface area contributed by atoms with E-state index in [-0.39, 0.29) is 17.6 Å². The van der Waals surface area contributed by atoms with Crippen LogP contribution in [0.5, 0.6) is 0 Å². The van der Waals surface area contributed by atoms with E-state index in [1.165, 1.54) is 12.1 Å². The number of aromatic nitrogens is 2. The van der Waals surface area contributed by atoms with Gasteiger partial charge in [-0.25, -0.2) is 9.37 Å². The van der Waals surface area contributed by atoms with Crippen LogP contribution in [0.3, 0.4) is 0 Å². The number of H-pyrrole nitrogens is 1. The zero-order valence-corrected chi connectivity index (χ0v) is 12.4. The van der Waals surface area contributed by atoms with Crippen molar-refractivity contribution < 1.29 is 9.18 Å². The van der Waals surface area contributed by atoms with Crippen molar-refractivity contribution in [3.8, 4) is 0 Å². The molecule has 0 spiro atoms. The fourth-order valence-electron chi connectivity index (χ4n) is 2.93. The molecule has 0 unspecified atom stereocenters. The number of nitrogens with one attached hydrogen (secondary N) is 1. The lowest BCUT2D eigenvalue weighted by molar-refractivity contribution is -0.135. The molecule has 3 rings (SSSR count). The number of hydrogen-bond acceptors (Lipinski definition) is 2. The van der Waals surface area contributed by atoms with Gasteiger partial charge in [0.1, 0.15) is 11.6 Å². The Hall–Kier alpha value is -1.91. The lowest BCUT2D eigenvalue weighted by Crippen LogP contribution is -2.40. The Labute approximate surface area is 123 Å². The van der Waals surface area contributed by atoms with Crippen molar-refractivity contribution >= 4 is 16.9 Å². The predicted molar refractivity (Wildman–Crippen MR) is 79.4 cm³/mol. The molecule has 0 atom stereocenters. The van der Waals surface area contributed by atoms with Gasteiger partial charge in [-0.1, -0.05) is 13.8 Å². The normalized spacial score (nSPS) is 16.9. The van der Waals surface area contributed by atoms with E-state index in [0.29, 0.717) is 5.92 Å². The van der Waals surface area contributed by atoms with Crippen LogP contribution in [0.4, 0.5) is 4.39 Å². The van der Waals surface area contributed by atoms with Crippen molar-refractivity contribution in [2.24, 2.45) is 5.92 Å². The minimum Gasteiger partial charge on any atom is -0.342 e. The molecule has 0 bridgehead atoms. The second kappa shape index (κ2) is 5.47. The number of rotatable bonds is 2. The first-order chi connectivity index (χ1) is 10.0. The van der Waals surface area contributed by atoms with Gasteiger partial charge in [0.2, 0.25) is 5.91 Å². The minimum absolute atomic E-state index is 0.0516. The Balaban J connectivity index is 1.72. The summed E-state index contributed by atoms with van der Waals surface area (Å²) in [6.07, 6.45) is 1.81. The van der Waals surface area contributed by atoms with Gasteiger partial charge >= 0.3 is 0 Å². The number of amides is 1. The summed E-state index contributed by atoms with van der Waals surface area (Å²) in [5.41, 5.74) is 1.54. The Kier molecular flexibility index (Phi) is 3.66. The third-order valence-corrected chi connectivity index (χ3v) is 4.15. The maximum atomic E-state index is 13.2. The standard InChI is InChI=1S/C16H20FN3O/c1-10(2)16(21)20-7-5-11(6-8-20)15-18-13-4-3-12(17)9-14(13)19-15/h3-4,9-11H,5-8H2,1-2H3,(H,18,19). The van der Waals surface area contributed by atoms with Crippen molar-refractivity contribution in [3.63, 3.8) is 0 Å². The van der Waals surface area contributed by atoms with Gasteiger partial charge in [-0.2, -0.15) is 0 Å². The molecule has 5 heteroatoms. The summed E-state index contributed by atoms with van der Waals surface area (Å²) in [6.45, 7) is 5.41. The van der Waals surface area contributed by atoms with Crippen molar-refractivity contribution in [2.75, 3.05) is 13.1 Å². The highest BCUT2D eigenvalue weighted by Crippen LogP contribution is 2.28. The molecule has 1 amide bonds. The highest BCUT2D eigenvalue weighted by atomic mass is 19.1. The summed E-state index contributed by atoms with van der Waals surface area (Å²) in [7, 11) is 0. The van der Waals surface area contributed by atoms with Gasteiger partial charge < -0.3 is 9.88 Å². The first-order valence-corrected chi connectivity index (χ1v) is 7.48. The topological polar surface area (TPSA) is 49.0 Å². The van der Waals surface area contributed by atoms with Gasteiger partial charge in [-0.15, -0.1) is 0 Å². The second-order valence-corrected chi connectivity index (χ2v) is 6.04. The van der Waals surface area contributed by atoms with Crippen LogP contribution >= 0.6 is 0 Å².